The third-order valence-corrected chi connectivity index (χ3v) is 14.5. The highest BCUT2D eigenvalue weighted by Crippen LogP contribution is 2.44. The van der Waals surface area contributed by atoms with Crippen molar-refractivity contribution in [1.82, 2.24) is 31.5 Å². The van der Waals surface area contributed by atoms with E-state index in [9.17, 15) is 14.4 Å². The molecule has 0 radical (unpaired) electrons. The largest absolute Gasteiger partial charge is 0.493 e. The van der Waals surface area contributed by atoms with Gasteiger partial charge in [-0.05, 0) is 67.5 Å². The highest BCUT2D eigenvalue weighted by atomic mass is 33.1. The lowest BCUT2D eigenvalue weighted by Crippen LogP contribution is -2.37. The molecule has 2 aliphatic heterocycles. The number of unbranched alkanes of at least 4 members (excludes halogenated alkanes) is 2. The second-order valence-electron chi connectivity index (χ2n) is 14.9. The molecule has 0 bridgehead atoms. The number of aromatic nitrogens is 2. The van der Waals surface area contributed by atoms with E-state index in [0.29, 0.717) is 48.4 Å². The molecule has 0 saturated carbocycles. The molecule has 6 N–H and O–H groups in total. The Morgan fingerprint density at radius 3 is 2.47 bits per heavy atom. The Bertz CT molecular complexity index is 1780. The summed E-state index contributed by atoms with van der Waals surface area (Å²) in [6.45, 7) is 8.06. The van der Waals surface area contributed by atoms with Gasteiger partial charge in [0.15, 0.2) is 17.3 Å². The van der Waals surface area contributed by atoms with Crippen LogP contribution >= 0.6 is 33.3 Å². The number of carbonyl (C=O) groups is 3. The topological polar surface area (TPSA) is 158 Å². The number of anilines is 2. The van der Waals surface area contributed by atoms with Gasteiger partial charge in [0.25, 0.3) is 0 Å². The van der Waals surface area contributed by atoms with E-state index < -0.39 is 0 Å². The van der Waals surface area contributed by atoms with Crippen molar-refractivity contribution in [3.63, 3.8) is 0 Å². The maximum absolute atomic E-state index is 12.3. The monoisotopic (exact) mass is 839 g/mol. The Balaban J connectivity index is 0.000000701. The van der Waals surface area contributed by atoms with Gasteiger partial charge in [0.05, 0.1) is 32.0 Å². The molecule has 4 atom stereocenters. The van der Waals surface area contributed by atoms with Crippen LogP contribution in [0.3, 0.4) is 0 Å². The number of methoxy groups -OCH3 is 2. The van der Waals surface area contributed by atoms with Gasteiger partial charge in [0, 0.05) is 70.8 Å². The molecule has 3 aromatic rings. The smallest absolute Gasteiger partial charge is 0.315 e. The summed E-state index contributed by atoms with van der Waals surface area (Å²) in [4.78, 5) is 37.1. The van der Waals surface area contributed by atoms with Gasteiger partial charge in [0.2, 0.25) is 11.8 Å². The summed E-state index contributed by atoms with van der Waals surface area (Å²) < 4.78 is 11.0. The predicted octanol–water partition coefficient (Wildman–Crippen LogP) is 8.44. The fourth-order valence-electron chi connectivity index (χ4n) is 7.11. The number of nitrogens with one attached hydrogen (secondary N) is 6. The van der Waals surface area contributed by atoms with Crippen LogP contribution in [0.2, 0.25) is 0 Å². The molecule has 1 aliphatic carbocycles. The van der Waals surface area contributed by atoms with Gasteiger partial charge in [-0.1, -0.05) is 74.1 Å². The lowest BCUT2D eigenvalue weighted by Gasteiger charge is -2.16. The van der Waals surface area contributed by atoms with Crippen molar-refractivity contribution in [2.24, 2.45) is 5.92 Å². The number of fused-ring (bicyclic) bond motifs is 4. The van der Waals surface area contributed by atoms with E-state index >= 15 is 0 Å². The van der Waals surface area contributed by atoms with Gasteiger partial charge in [-0.2, -0.15) is 16.9 Å². The van der Waals surface area contributed by atoms with E-state index in [1.165, 1.54) is 25.7 Å². The molecule has 1 aromatic heterocycles. The van der Waals surface area contributed by atoms with Crippen LogP contribution < -0.4 is 36.1 Å². The molecule has 3 aliphatic rings. The zero-order chi connectivity index (χ0) is 40.6. The first kappa shape index (κ1) is 44.4. The van der Waals surface area contributed by atoms with Crippen molar-refractivity contribution in [2.75, 3.05) is 44.1 Å². The average Bonchev–Trinajstić information content (AvgIpc) is 3.98. The highest BCUT2D eigenvalue weighted by molar-refractivity contribution is 8.76. The molecule has 6 rings (SSSR count). The van der Waals surface area contributed by atoms with Crippen molar-refractivity contribution < 1.29 is 23.9 Å². The van der Waals surface area contributed by atoms with E-state index in [4.69, 9.17) is 9.47 Å². The van der Waals surface area contributed by atoms with Gasteiger partial charge < -0.3 is 36.1 Å². The minimum atomic E-state index is -0.0789. The molecule has 2 aromatic carbocycles. The summed E-state index contributed by atoms with van der Waals surface area (Å²) in [7, 11) is 6.58. The van der Waals surface area contributed by atoms with Crippen LogP contribution in [0.15, 0.2) is 41.3 Å². The fraction of sp³-hybridized carbons (Fsp3) is 0.571. The van der Waals surface area contributed by atoms with E-state index in [1.807, 2.05) is 36.0 Å². The number of nitrogens with zero attached hydrogens (tertiary/aromatic N) is 1. The van der Waals surface area contributed by atoms with Crippen LogP contribution in [-0.4, -0.2) is 84.2 Å². The number of thioether (sulfide) groups is 1. The van der Waals surface area contributed by atoms with E-state index in [2.05, 4.69) is 69.7 Å². The molecule has 2 saturated heterocycles. The Morgan fingerprint density at radius 1 is 0.982 bits per heavy atom. The molecule has 4 unspecified atom stereocenters. The summed E-state index contributed by atoms with van der Waals surface area (Å²) in [5.74, 6) is 4.89. The van der Waals surface area contributed by atoms with E-state index in [1.54, 1.807) is 35.8 Å². The van der Waals surface area contributed by atoms with Gasteiger partial charge >= 0.3 is 6.03 Å². The van der Waals surface area contributed by atoms with Gasteiger partial charge in [-0.15, -0.1) is 0 Å². The normalized spacial score (nSPS) is 17.9. The zero-order valence-corrected chi connectivity index (χ0v) is 36.5. The molecule has 12 nitrogen and oxygen atoms in total. The number of rotatable bonds is 22. The van der Waals surface area contributed by atoms with Crippen molar-refractivity contribution in [2.45, 2.75) is 114 Å². The Labute approximate surface area is 350 Å². The number of urea groups is 1. The number of hydrogen-bond acceptors (Lipinski definition) is 10. The van der Waals surface area contributed by atoms with Crippen LogP contribution in [0.4, 0.5) is 16.3 Å². The van der Waals surface area contributed by atoms with Gasteiger partial charge in [-0.3, -0.25) is 14.7 Å². The third kappa shape index (κ3) is 13.2. The minimum Gasteiger partial charge on any atom is -0.493 e. The maximum atomic E-state index is 12.3. The van der Waals surface area contributed by atoms with Gasteiger partial charge in [0.1, 0.15) is 0 Å². The summed E-state index contributed by atoms with van der Waals surface area (Å²) in [6.07, 6.45) is 10.6. The molecule has 15 heteroatoms. The van der Waals surface area contributed by atoms with Crippen LogP contribution in [0, 0.1) is 5.92 Å². The molecule has 4 amide bonds. The number of ether oxygens (including phenoxy) is 2. The van der Waals surface area contributed by atoms with E-state index in [-0.39, 0.29) is 29.9 Å². The molecule has 3 heterocycles. The summed E-state index contributed by atoms with van der Waals surface area (Å²) in [5.41, 5.74) is 5.28. The SMILES string of the molecule is CCCCC(C)CC.COc1cc2c(cc1OC)-c1[nH]nc(Nc3cccc(SSCCC(=O)NCCCCNC(=O)CCCC4SCC5NC(=O)NC54)c3)c1C2. The Morgan fingerprint density at radius 2 is 1.74 bits per heavy atom. The second kappa shape index (κ2) is 23.0. The minimum absolute atomic E-state index is 0.0388. The molecule has 0 spiro atoms. The van der Waals surface area contributed by atoms with Crippen LogP contribution in [0.25, 0.3) is 11.3 Å². The van der Waals surface area contributed by atoms with E-state index in [0.717, 1.165) is 82.6 Å². The van der Waals surface area contributed by atoms with Crippen LogP contribution in [0.5, 0.6) is 11.5 Å². The molecule has 2 fully saturated rings. The first-order chi connectivity index (χ1) is 27.7. The second-order valence-corrected chi connectivity index (χ2v) is 18.6. The quantitative estimate of drug-likeness (QED) is 0.0258. The number of aromatic amines is 1. The van der Waals surface area contributed by atoms with Crippen molar-refractivity contribution in [3.8, 4) is 22.8 Å². The third-order valence-electron chi connectivity index (χ3n) is 10.6. The standard InChI is InChI=1S/C34H43N7O5S3.C8H18/c1-45-26-16-20-15-24-31(23(20)18-27(26)46-2)40-41-33(24)37-21-7-5-8-22(17-21)49-48-14-11-30(43)36-13-4-3-12-35-29(42)10-6-9-28-32-25(19-47-28)38-34(44)39-32;1-4-6-7-8(3)5-2/h5,7-8,16-18,25,28,32H,3-4,6,9-15,19H2,1-2H3,(H,35,42)(H,36,43)(H2,37,40,41)(H2,38,39,44);8H,4-7H2,1-3H3. The number of hydrogen-bond donors (Lipinski definition) is 6. The molecule has 312 valence electrons. The zero-order valence-electron chi connectivity index (χ0n) is 34.1. The summed E-state index contributed by atoms with van der Waals surface area (Å²) in [6, 6.07) is 12.5. The molecule has 57 heavy (non-hydrogen) atoms. The lowest BCUT2D eigenvalue weighted by molar-refractivity contribution is -0.122. The Hall–Kier alpha value is -3.69. The average molecular weight is 840 g/mol. The van der Waals surface area contributed by atoms with Gasteiger partial charge in [-0.25, -0.2) is 4.79 Å². The Kier molecular flexibility index (Phi) is 18.0. The van der Waals surface area contributed by atoms with Crippen LogP contribution in [-0.2, 0) is 16.0 Å². The predicted molar refractivity (Wildman–Crippen MR) is 236 cm³/mol. The van der Waals surface area contributed by atoms with Crippen molar-refractivity contribution in [1.29, 1.82) is 0 Å². The number of benzene rings is 2. The number of H-pyrrole nitrogens is 1. The summed E-state index contributed by atoms with van der Waals surface area (Å²) >= 11 is 1.87. The fourth-order valence-corrected chi connectivity index (χ4v) is 10.7. The maximum Gasteiger partial charge on any atom is 0.315 e. The lowest BCUT2D eigenvalue weighted by atomic mass is 10.0. The highest BCUT2D eigenvalue weighted by Gasteiger charge is 2.42. The number of carbonyl (C=O) groups excluding carboxylic acids is 3. The van der Waals surface area contributed by atoms with Crippen molar-refractivity contribution >= 4 is 62.7 Å². The van der Waals surface area contributed by atoms with Crippen LogP contribution in [0.1, 0.15) is 96.1 Å². The van der Waals surface area contributed by atoms with Crippen molar-refractivity contribution in [3.05, 3.63) is 47.5 Å². The molecular weight excluding hydrogens is 779 g/mol. The first-order valence-electron chi connectivity index (χ1n) is 20.4. The summed E-state index contributed by atoms with van der Waals surface area (Å²) in [5, 5.41) is 23.5. The first-order valence-corrected chi connectivity index (χ1v) is 23.8. The number of amides is 4. The molecular formula is C42H61N7O5S3.